The number of esters is 1. The fraction of sp³-hybridized carbons (Fsp3) is 0.267. The molecule has 0 unspecified atom stereocenters. The van der Waals surface area contributed by atoms with Gasteiger partial charge in [0, 0.05) is 11.3 Å². The Labute approximate surface area is 121 Å². The van der Waals surface area contributed by atoms with Crippen molar-refractivity contribution in [3.8, 4) is 17.0 Å². The lowest BCUT2D eigenvalue weighted by molar-refractivity contribution is 0.0525. The third kappa shape index (κ3) is 2.94. The predicted molar refractivity (Wildman–Crippen MR) is 77.5 cm³/mol. The number of nitrogens with one attached hydrogen (secondary N) is 1. The molecule has 0 fully saturated rings. The normalized spacial score (nSPS) is 10.2. The SMILES string of the molecule is CCOC(=O)c1c(-c2ccccc2OC)nc(=O)[nH]c1C. The van der Waals surface area contributed by atoms with Crippen LogP contribution in [0.4, 0.5) is 0 Å². The van der Waals surface area contributed by atoms with Gasteiger partial charge in [0.25, 0.3) is 0 Å². The first-order valence-electron chi connectivity index (χ1n) is 6.50. The topological polar surface area (TPSA) is 81.3 Å². The van der Waals surface area contributed by atoms with Crippen molar-refractivity contribution in [3.63, 3.8) is 0 Å². The minimum absolute atomic E-state index is 0.237. The molecule has 1 N–H and O–H groups in total. The van der Waals surface area contributed by atoms with Crippen molar-refractivity contribution < 1.29 is 14.3 Å². The van der Waals surface area contributed by atoms with Crippen LogP contribution >= 0.6 is 0 Å². The molecule has 0 amide bonds. The van der Waals surface area contributed by atoms with E-state index >= 15 is 0 Å². The van der Waals surface area contributed by atoms with Gasteiger partial charge in [0.1, 0.15) is 11.3 Å². The highest BCUT2D eigenvalue weighted by Crippen LogP contribution is 2.30. The molecule has 1 heterocycles. The van der Waals surface area contributed by atoms with Gasteiger partial charge >= 0.3 is 11.7 Å². The fourth-order valence-corrected chi connectivity index (χ4v) is 2.07. The number of methoxy groups -OCH3 is 1. The van der Waals surface area contributed by atoms with E-state index in [9.17, 15) is 9.59 Å². The smallest absolute Gasteiger partial charge is 0.345 e. The highest BCUT2D eigenvalue weighted by atomic mass is 16.5. The fourth-order valence-electron chi connectivity index (χ4n) is 2.07. The van der Waals surface area contributed by atoms with Crippen LogP contribution in [0.2, 0.25) is 0 Å². The number of aromatic amines is 1. The highest BCUT2D eigenvalue weighted by molar-refractivity contribution is 5.97. The van der Waals surface area contributed by atoms with Gasteiger partial charge in [0.05, 0.1) is 19.4 Å². The molecule has 6 nitrogen and oxygen atoms in total. The van der Waals surface area contributed by atoms with E-state index in [0.29, 0.717) is 17.0 Å². The number of ether oxygens (including phenoxy) is 2. The Morgan fingerprint density at radius 1 is 1.33 bits per heavy atom. The first-order valence-corrected chi connectivity index (χ1v) is 6.50. The van der Waals surface area contributed by atoms with E-state index in [1.54, 1.807) is 38.1 Å². The standard InChI is InChI=1S/C15H16N2O4/c1-4-21-14(18)12-9(2)16-15(19)17-13(12)10-7-5-6-8-11(10)20-3/h5-8H,4H2,1-3H3,(H,16,17,19). The quantitative estimate of drug-likeness (QED) is 0.869. The van der Waals surface area contributed by atoms with Crippen molar-refractivity contribution in [2.45, 2.75) is 13.8 Å². The lowest BCUT2D eigenvalue weighted by Crippen LogP contribution is -2.20. The maximum absolute atomic E-state index is 12.1. The van der Waals surface area contributed by atoms with Gasteiger partial charge in [-0.25, -0.2) is 9.59 Å². The Balaban J connectivity index is 2.72. The molecule has 1 aromatic heterocycles. The van der Waals surface area contributed by atoms with Crippen LogP contribution in [-0.4, -0.2) is 29.7 Å². The van der Waals surface area contributed by atoms with Crippen LogP contribution in [0.5, 0.6) is 5.75 Å². The van der Waals surface area contributed by atoms with Crippen molar-refractivity contribution in [3.05, 3.63) is 46.0 Å². The summed E-state index contributed by atoms with van der Waals surface area (Å²) in [5.74, 6) is 0.000189. The second-order valence-electron chi connectivity index (χ2n) is 4.31. The van der Waals surface area contributed by atoms with Crippen molar-refractivity contribution in [2.75, 3.05) is 13.7 Å². The summed E-state index contributed by atoms with van der Waals surface area (Å²) in [6.07, 6.45) is 0. The van der Waals surface area contributed by atoms with E-state index in [1.165, 1.54) is 7.11 Å². The predicted octanol–water partition coefficient (Wildman–Crippen LogP) is 1.93. The van der Waals surface area contributed by atoms with E-state index in [-0.39, 0.29) is 17.9 Å². The second-order valence-corrected chi connectivity index (χ2v) is 4.31. The second kappa shape index (κ2) is 6.21. The zero-order valence-corrected chi connectivity index (χ0v) is 12.1. The van der Waals surface area contributed by atoms with Gasteiger partial charge in [0.15, 0.2) is 0 Å². The number of nitrogens with zero attached hydrogens (tertiary/aromatic N) is 1. The van der Waals surface area contributed by atoms with Crippen molar-refractivity contribution in [1.82, 2.24) is 9.97 Å². The zero-order valence-electron chi connectivity index (χ0n) is 12.1. The molecular weight excluding hydrogens is 272 g/mol. The van der Waals surface area contributed by atoms with Crippen LogP contribution in [-0.2, 0) is 4.74 Å². The van der Waals surface area contributed by atoms with Gasteiger partial charge in [-0.15, -0.1) is 0 Å². The van der Waals surface area contributed by atoms with Crippen molar-refractivity contribution >= 4 is 5.97 Å². The van der Waals surface area contributed by atoms with Crippen LogP contribution in [0.25, 0.3) is 11.3 Å². The molecule has 0 bridgehead atoms. The third-order valence-electron chi connectivity index (χ3n) is 2.96. The zero-order chi connectivity index (χ0) is 15.4. The number of carbonyl (C=O) groups excluding carboxylic acids is 1. The van der Waals surface area contributed by atoms with Crippen molar-refractivity contribution in [2.24, 2.45) is 0 Å². The Hall–Kier alpha value is -2.63. The minimum atomic E-state index is -0.528. The molecule has 0 aliphatic heterocycles. The van der Waals surface area contributed by atoms with Crippen LogP contribution in [0.3, 0.4) is 0 Å². The molecule has 0 saturated carbocycles. The third-order valence-corrected chi connectivity index (χ3v) is 2.96. The molecule has 6 heteroatoms. The number of hydrogen-bond donors (Lipinski definition) is 1. The summed E-state index contributed by atoms with van der Waals surface area (Å²) in [5, 5.41) is 0. The Kier molecular flexibility index (Phi) is 4.37. The summed E-state index contributed by atoms with van der Waals surface area (Å²) in [7, 11) is 1.52. The molecule has 110 valence electrons. The molecule has 0 spiro atoms. The molecular formula is C15H16N2O4. The monoisotopic (exact) mass is 288 g/mol. The largest absolute Gasteiger partial charge is 0.496 e. The highest BCUT2D eigenvalue weighted by Gasteiger charge is 2.21. The summed E-state index contributed by atoms with van der Waals surface area (Å²) in [5.41, 5.74) is 0.946. The van der Waals surface area contributed by atoms with Gasteiger partial charge in [-0.05, 0) is 26.0 Å². The average molecular weight is 288 g/mol. The Morgan fingerprint density at radius 2 is 2.05 bits per heavy atom. The van der Waals surface area contributed by atoms with E-state index in [0.717, 1.165) is 0 Å². The summed E-state index contributed by atoms with van der Waals surface area (Å²) in [6, 6.07) is 7.06. The number of carbonyl (C=O) groups is 1. The molecule has 0 saturated heterocycles. The summed E-state index contributed by atoms with van der Waals surface area (Å²) < 4.78 is 10.3. The molecule has 1 aromatic carbocycles. The Morgan fingerprint density at radius 3 is 2.71 bits per heavy atom. The van der Waals surface area contributed by atoms with E-state index < -0.39 is 11.7 Å². The summed E-state index contributed by atoms with van der Waals surface area (Å²) in [4.78, 5) is 30.2. The van der Waals surface area contributed by atoms with Gasteiger partial charge < -0.3 is 14.5 Å². The minimum Gasteiger partial charge on any atom is -0.496 e. The number of hydrogen-bond acceptors (Lipinski definition) is 5. The van der Waals surface area contributed by atoms with Crippen LogP contribution in [0.15, 0.2) is 29.1 Å². The van der Waals surface area contributed by atoms with Gasteiger partial charge in [-0.3, -0.25) is 0 Å². The van der Waals surface area contributed by atoms with Gasteiger partial charge in [-0.1, -0.05) is 12.1 Å². The molecule has 2 aromatic rings. The number of aryl methyl sites for hydroxylation is 1. The van der Waals surface area contributed by atoms with Crippen LogP contribution < -0.4 is 10.4 Å². The Bertz CT molecular complexity index is 722. The van der Waals surface area contributed by atoms with E-state index in [4.69, 9.17) is 9.47 Å². The molecule has 0 aliphatic rings. The maximum atomic E-state index is 12.1. The van der Waals surface area contributed by atoms with Crippen LogP contribution in [0.1, 0.15) is 23.0 Å². The molecule has 0 aliphatic carbocycles. The number of aromatic nitrogens is 2. The molecule has 2 rings (SSSR count). The first kappa shape index (κ1) is 14.8. The molecule has 21 heavy (non-hydrogen) atoms. The average Bonchev–Trinajstić information content (AvgIpc) is 2.46. The molecule has 0 atom stereocenters. The number of para-hydroxylation sites is 1. The first-order chi connectivity index (χ1) is 10.1. The van der Waals surface area contributed by atoms with Crippen LogP contribution in [0, 0.1) is 6.92 Å². The lowest BCUT2D eigenvalue weighted by atomic mass is 10.0. The van der Waals surface area contributed by atoms with Gasteiger partial charge in [0.2, 0.25) is 0 Å². The van der Waals surface area contributed by atoms with E-state index in [1.807, 2.05) is 0 Å². The summed E-state index contributed by atoms with van der Waals surface area (Å²) in [6.45, 7) is 3.59. The van der Waals surface area contributed by atoms with Gasteiger partial charge in [-0.2, -0.15) is 4.98 Å². The molecule has 0 radical (unpaired) electrons. The summed E-state index contributed by atoms with van der Waals surface area (Å²) >= 11 is 0. The van der Waals surface area contributed by atoms with E-state index in [2.05, 4.69) is 9.97 Å². The number of rotatable bonds is 4. The number of benzene rings is 1. The number of H-pyrrole nitrogens is 1. The lowest BCUT2D eigenvalue weighted by Gasteiger charge is -2.12. The maximum Gasteiger partial charge on any atom is 0.345 e. The van der Waals surface area contributed by atoms with Crippen molar-refractivity contribution in [1.29, 1.82) is 0 Å².